The van der Waals surface area contributed by atoms with Gasteiger partial charge in [0.05, 0.1) is 12.3 Å². The van der Waals surface area contributed by atoms with Gasteiger partial charge in [0.15, 0.2) is 11.6 Å². The summed E-state index contributed by atoms with van der Waals surface area (Å²) < 4.78 is 19.4. The Bertz CT molecular complexity index is 563. The Morgan fingerprint density at radius 3 is 2.94 bits per heavy atom. The molecule has 3 rings (SSSR count). The van der Waals surface area contributed by atoms with Gasteiger partial charge in [-0.3, -0.25) is 5.10 Å². The zero-order valence-electron chi connectivity index (χ0n) is 9.82. The third kappa shape index (κ3) is 2.16. The maximum atomic E-state index is 13.8. The molecule has 4 nitrogen and oxygen atoms in total. The molecule has 18 heavy (non-hydrogen) atoms. The number of anilines is 1. The van der Waals surface area contributed by atoms with Crippen molar-refractivity contribution in [1.29, 1.82) is 0 Å². The van der Waals surface area contributed by atoms with Gasteiger partial charge < -0.3 is 10.5 Å². The third-order valence-corrected chi connectivity index (χ3v) is 3.02. The van der Waals surface area contributed by atoms with Crippen LogP contribution in [0.15, 0.2) is 24.3 Å². The molecule has 0 radical (unpaired) electrons. The first-order chi connectivity index (χ1) is 8.74. The fourth-order valence-electron chi connectivity index (χ4n) is 1.83. The number of nitrogens with one attached hydrogen (secondary N) is 1. The first-order valence-corrected chi connectivity index (χ1v) is 5.96. The maximum Gasteiger partial charge on any atom is 0.165 e. The van der Waals surface area contributed by atoms with Gasteiger partial charge in [0, 0.05) is 11.6 Å². The molecule has 1 heterocycles. The largest absolute Gasteiger partial charge is 0.490 e. The van der Waals surface area contributed by atoms with Gasteiger partial charge in [-0.25, -0.2) is 4.39 Å². The normalized spacial score (nSPS) is 14.7. The molecular weight excluding hydrogens is 233 g/mol. The number of ether oxygens (including phenoxy) is 1. The van der Waals surface area contributed by atoms with Crippen molar-refractivity contribution >= 4 is 5.82 Å². The summed E-state index contributed by atoms with van der Waals surface area (Å²) in [5.74, 6) is 0.862. The minimum atomic E-state index is -0.360. The molecule has 5 heteroatoms. The number of halogens is 1. The summed E-state index contributed by atoms with van der Waals surface area (Å²) in [7, 11) is 0. The molecule has 0 aliphatic heterocycles. The van der Waals surface area contributed by atoms with Crippen molar-refractivity contribution in [2.45, 2.75) is 12.8 Å². The number of hydrogen-bond donors (Lipinski definition) is 2. The summed E-state index contributed by atoms with van der Waals surface area (Å²) in [5.41, 5.74) is 6.88. The second-order valence-corrected chi connectivity index (χ2v) is 4.58. The average molecular weight is 247 g/mol. The Morgan fingerprint density at radius 2 is 2.28 bits per heavy atom. The highest BCUT2D eigenvalue weighted by atomic mass is 19.1. The van der Waals surface area contributed by atoms with Crippen LogP contribution in [0.5, 0.6) is 5.75 Å². The van der Waals surface area contributed by atoms with Crippen LogP contribution in [-0.2, 0) is 0 Å². The van der Waals surface area contributed by atoms with Gasteiger partial charge in [-0.2, -0.15) is 5.10 Å². The average Bonchev–Trinajstić information content (AvgIpc) is 3.08. The van der Waals surface area contributed by atoms with Gasteiger partial charge in [-0.05, 0) is 30.9 Å². The molecule has 0 bridgehead atoms. The van der Waals surface area contributed by atoms with E-state index in [2.05, 4.69) is 10.2 Å². The number of nitrogen functional groups attached to an aromatic ring is 1. The summed E-state index contributed by atoms with van der Waals surface area (Å²) in [6.07, 6.45) is 2.33. The molecule has 1 aliphatic rings. The van der Waals surface area contributed by atoms with Crippen LogP contribution in [0, 0.1) is 11.7 Å². The van der Waals surface area contributed by atoms with Gasteiger partial charge in [0.1, 0.15) is 5.82 Å². The Morgan fingerprint density at radius 1 is 1.44 bits per heavy atom. The van der Waals surface area contributed by atoms with Gasteiger partial charge in [-0.15, -0.1) is 0 Å². The van der Waals surface area contributed by atoms with E-state index in [4.69, 9.17) is 10.5 Å². The molecule has 1 saturated carbocycles. The van der Waals surface area contributed by atoms with Gasteiger partial charge in [0.25, 0.3) is 0 Å². The van der Waals surface area contributed by atoms with Crippen molar-refractivity contribution in [3.8, 4) is 17.0 Å². The van der Waals surface area contributed by atoms with Gasteiger partial charge in [-0.1, -0.05) is 6.07 Å². The summed E-state index contributed by atoms with van der Waals surface area (Å²) in [5, 5.41) is 6.62. The van der Waals surface area contributed by atoms with Crippen LogP contribution in [-0.4, -0.2) is 16.8 Å². The smallest absolute Gasteiger partial charge is 0.165 e. The standard InChI is InChI=1S/C13H14FN3O/c14-10-3-1-2-9(11-6-12(15)17-16-11)13(10)18-7-8-4-5-8/h1-3,6,8H,4-5,7H2,(H3,15,16,17). The van der Waals surface area contributed by atoms with Crippen LogP contribution >= 0.6 is 0 Å². The third-order valence-electron chi connectivity index (χ3n) is 3.02. The molecule has 2 aromatic rings. The zero-order valence-corrected chi connectivity index (χ0v) is 9.82. The van der Waals surface area contributed by atoms with E-state index in [9.17, 15) is 4.39 Å². The Labute approximate surface area is 104 Å². The number of H-pyrrole nitrogens is 1. The molecule has 0 amide bonds. The number of aromatic nitrogens is 2. The molecule has 0 unspecified atom stereocenters. The minimum Gasteiger partial charge on any atom is -0.490 e. The van der Waals surface area contributed by atoms with Crippen molar-refractivity contribution in [1.82, 2.24) is 10.2 Å². The molecule has 1 aliphatic carbocycles. The predicted octanol–water partition coefficient (Wildman–Crippen LogP) is 2.59. The summed E-state index contributed by atoms with van der Waals surface area (Å²) in [6, 6.07) is 6.49. The van der Waals surface area contributed by atoms with E-state index in [1.165, 1.54) is 18.9 Å². The Kier molecular flexibility index (Phi) is 2.66. The lowest BCUT2D eigenvalue weighted by Gasteiger charge is -2.10. The summed E-state index contributed by atoms with van der Waals surface area (Å²) in [6.45, 7) is 0.567. The molecule has 1 aromatic carbocycles. The summed E-state index contributed by atoms with van der Waals surface area (Å²) in [4.78, 5) is 0. The number of nitrogens with two attached hydrogens (primary N) is 1. The molecule has 1 fully saturated rings. The fourth-order valence-corrected chi connectivity index (χ4v) is 1.83. The highest BCUT2D eigenvalue weighted by molar-refractivity contribution is 5.69. The molecule has 1 aromatic heterocycles. The van der Waals surface area contributed by atoms with E-state index in [1.54, 1.807) is 18.2 Å². The van der Waals surface area contributed by atoms with E-state index >= 15 is 0 Å². The van der Waals surface area contributed by atoms with Crippen molar-refractivity contribution < 1.29 is 9.13 Å². The highest BCUT2D eigenvalue weighted by Crippen LogP contribution is 2.35. The predicted molar refractivity (Wildman–Crippen MR) is 66.6 cm³/mol. The molecule has 0 saturated heterocycles. The highest BCUT2D eigenvalue weighted by Gasteiger charge is 2.23. The van der Waals surface area contributed by atoms with Gasteiger partial charge in [0.2, 0.25) is 0 Å². The number of hydrogen-bond acceptors (Lipinski definition) is 3. The van der Waals surface area contributed by atoms with Crippen LogP contribution in [0.4, 0.5) is 10.2 Å². The van der Waals surface area contributed by atoms with Crippen molar-refractivity contribution in [2.75, 3.05) is 12.3 Å². The number of para-hydroxylation sites is 1. The fraction of sp³-hybridized carbons (Fsp3) is 0.308. The van der Waals surface area contributed by atoms with Crippen LogP contribution in [0.3, 0.4) is 0 Å². The SMILES string of the molecule is Nc1cc(-c2cccc(F)c2OCC2CC2)[nH]n1. The van der Waals surface area contributed by atoms with Crippen LogP contribution in [0.1, 0.15) is 12.8 Å². The van der Waals surface area contributed by atoms with E-state index in [-0.39, 0.29) is 11.6 Å². The Hall–Kier alpha value is -2.04. The van der Waals surface area contributed by atoms with Gasteiger partial charge >= 0.3 is 0 Å². The zero-order chi connectivity index (χ0) is 12.5. The molecule has 3 N–H and O–H groups in total. The molecular formula is C13H14FN3O. The first-order valence-electron chi connectivity index (χ1n) is 5.96. The van der Waals surface area contributed by atoms with Crippen LogP contribution < -0.4 is 10.5 Å². The lowest BCUT2D eigenvalue weighted by atomic mass is 10.1. The second kappa shape index (κ2) is 4.33. The van der Waals surface area contributed by atoms with Crippen LogP contribution in [0.25, 0.3) is 11.3 Å². The molecule has 0 atom stereocenters. The van der Waals surface area contributed by atoms with Crippen molar-refractivity contribution in [2.24, 2.45) is 5.92 Å². The lowest BCUT2D eigenvalue weighted by molar-refractivity contribution is 0.286. The Balaban J connectivity index is 1.93. The lowest BCUT2D eigenvalue weighted by Crippen LogP contribution is -2.02. The molecule has 0 spiro atoms. The topological polar surface area (TPSA) is 63.9 Å². The van der Waals surface area contributed by atoms with E-state index in [0.717, 1.165) is 0 Å². The monoisotopic (exact) mass is 247 g/mol. The second-order valence-electron chi connectivity index (χ2n) is 4.58. The number of nitrogens with zero attached hydrogens (tertiary/aromatic N) is 1. The number of aromatic amines is 1. The van der Waals surface area contributed by atoms with E-state index in [0.29, 0.717) is 29.6 Å². The van der Waals surface area contributed by atoms with E-state index < -0.39 is 0 Å². The molecule has 94 valence electrons. The van der Waals surface area contributed by atoms with Crippen molar-refractivity contribution in [3.05, 3.63) is 30.1 Å². The maximum absolute atomic E-state index is 13.8. The minimum absolute atomic E-state index is 0.271. The van der Waals surface area contributed by atoms with Crippen molar-refractivity contribution in [3.63, 3.8) is 0 Å². The summed E-state index contributed by atoms with van der Waals surface area (Å²) >= 11 is 0. The first kappa shape index (κ1) is 11.1. The number of rotatable bonds is 4. The number of benzene rings is 1. The quantitative estimate of drug-likeness (QED) is 0.872. The van der Waals surface area contributed by atoms with Crippen LogP contribution in [0.2, 0.25) is 0 Å². The van der Waals surface area contributed by atoms with E-state index in [1.807, 2.05) is 0 Å².